The second kappa shape index (κ2) is 5.32. The number of hydrogen-bond donors (Lipinski definition) is 2. The number of alkyl halides is 3. The summed E-state index contributed by atoms with van der Waals surface area (Å²) in [5.74, 6) is 0.334. The van der Waals surface area contributed by atoms with Gasteiger partial charge in [0.25, 0.3) is 0 Å². The van der Waals surface area contributed by atoms with Crippen molar-refractivity contribution in [3.63, 3.8) is 0 Å². The Kier molecular flexibility index (Phi) is 3.89. The lowest BCUT2D eigenvalue weighted by molar-refractivity contribution is -0.138. The van der Waals surface area contributed by atoms with Gasteiger partial charge in [-0.15, -0.1) is 0 Å². The Bertz CT molecular complexity index is 641. The second-order valence-electron chi connectivity index (χ2n) is 4.21. The minimum absolute atomic E-state index is 0.0132. The fourth-order valence-electron chi connectivity index (χ4n) is 1.63. The average molecular weight is 346 g/mol. The number of nitrogens with one attached hydrogen (secondary N) is 1. The lowest BCUT2D eigenvalue weighted by Gasteiger charge is -2.13. The molecule has 0 saturated heterocycles. The van der Waals surface area contributed by atoms with Gasteiger partial charge in [0.1, 0.15) is 0 Å². The number of hydrogen-bond acceptors (Lipinski definition) is 3. The fourth-order valence-corrected chi connectivity index (χ4v) is 2.10. The standard InChI is InChI=1S/C13H11BrF3N3/c1-7-4-5-19-12(11(7)18)20-8-2-3-10(14)9(6-8)13(15,16)17/h2-6H,18H2,1H3,(H,19,20). The number of rotatable bonds is 2. The Morgan fingerprint density at radius 2 is 1.95 bits per heavy atom. The SMILES string of the molecule is Cc1ccnc(Nc2ccc(Br)c(C(F)(F)F)c2)c1N. The van der Waals surface area contributed by atoms with Gasteiger partial charge in [-0.3, -0.25) is 0 Å². The number of aromatic nitrogens is 1. The highest BCUT2D eigenvalue weighted by atomic mass is 79.9. The highest BCUT2D eigenvalue weighted by Crippen LogP contribution is 2.37. The van der Waals surface area contributed by atoms with Gasteiger partial charge in [0.05, 0.1) is 11.3 Å². The summed E-state index contributed by atoms with van der Waals surface area (Å²) in [4.78, 5) is 4.02. The summed E-state index contributed by atoms with van der Waals surface area (Å²) in [6.07, 6.45) is -2.89. The van der Waals surface area contributed by atoms with Crippen molar-refractivity contribution in [1.82, 2.24) is 4.98 Å². The molecule has 20 heavy (non-hydrogen) atoms. The summed E-state index contributed by atoms with van der Waals surface area (Å²) < 4.78 is 38.4. The molecule has 0 aliphatic rings. The van der Waals surface area contributed by atoms with E-state index >= 15 is 0 Å². The number of benzene rings is 1. The maximum absolute atomic E-state index is 12.8. The van der Waals surface area contributed by atoms with Gasteiger partial charge in [0.15, 0.2) is 5.82 Å². The minimum atomic E-state index is -4.43. The second-order valence-corrected chi connectivity index (χ2v) is 5.06. The third-order valence-electron chi connectivity index (χ3n) is 2.74. The quantitative estimate of drug-likeness (QED) is 0.842. The maximum Gasteiger partial charge on any atom is 0.417 e. The van der Waals surface area contributed by atoms with Gasteiger partial charge in [0, 0.05) is 16.4 Å². The van der Waals surface area contributed by atoms with Crippen LogP contribution in [0.2, 0.25) is 0 Å². The first kappa shape index (κ1) is 14.6. The largest absolute Gasteiger partial charge is 0.417 e. The van der Waals surface area contributed by atoms with Gasteiger partial charge in [-0.1, -0.05) is 15.9 Å². The molecule has 2 aromatic rings. The van der Waals surface area contributed by atoms with E-state index in [4.69, 9.17) is 5.73 Å². The van der Waals surface area contributed by atoms with E-state index in [9.17, 15) is 13.2 Å². The smallest absolute Gasteiger partial charge is 0.396 e. The summed E-state index contributed by atoms with van der Waals surface area (Å²) >= 11 is 2.89. The van der Waals surface area contributed by atoms with Crippen molar-refractivity contribution in [3.8, 4) is 0 Å². The molecule has 106 valence electrons. The molecule has 2 rings (SSSR count). The Labute approximate surface area is 122 Å². The zero-order valence-corrected chi connectivity index (χ0v) is 12.0. The Morgan fingerprint density at radius 3 is 2.60 bits per heavy atom. The Balaban J connectivity index is 2.38. The molecule has 1 aromatic heterocycles. The van der Waals surface area contributed by atoms with Crippen LogP contribution in [0.5, 0.6) is 0 Å². The van der Waals surface area contributed by atoms with Gasteiger partial charge in [-0.2, -0.15) is 13.2 Å². The van der Waals surface area contributed by atoms with Crippen LogP contribution in [0.3, 0.4) is 0 Å². The molecule has 1 heterocycles. The molecular formula is C13H11BrF3N3. The number of pyridine rings is 1. The molecule has 3 N–H and O–H groups in total. The number of nitrogen functional groups attached to an aromatic ring is 1. The van der Waals surface area contributed by atoms with Crippen LogP contribution in [0.1, 0.15) is 11.1 Å². The van der Waals surface area contributed by atoms with Crippen molar-refractivity contribution in [3.05, 3.63) is 46.1 Å². The zero-order valence-electron chi connectivity index (χ0n) is 10.4. The number of aryl methyl sites for hydroxylation is 1. The summed E-state index contributed by atoms with van der Waals surface area (Å²) in [5, 5.41) is 2.80. The maximum atomic E-state index is 12.8. The van der Waals surface area contributed by atoms with E-state index in [0.717, 1.165) is 11.6 Å². The molecule has 0 aliphatic heterocycles. The molecule has 0 bridgehead atoms. The minimum Gasteiger partial charge on any atom is -0.396 e. The molecular weight excluding hydrogens is 335 g/mol. The van der Waals surface area contributed by atoms with E-state index < -0.39 is 11.7 Å². The first-order valence-corrected chi connectivity index (χ1v) is 6.43. The highest BCUT2D eigenvalue weighted by Gasteiger charge is 2.33. The normalized spacial score (nSPS) is 11.4. The number of halogens is 4. The van der Waals surface area contributed by atoms with Crippen LogP contribution in [0.15, 0.2) is 34.9 Å². The van der Waals surface area contributed by atoms with Crippen molar-refractivity contribution < 1.29 is 13.2 Å². The van der Waals surface area contributed by atoms with Gasteiger partial charge in [0.2, 0.25) is 0 Å². The van der Waals surface area contributed by atoms with Crippen molar-refractivity contribution in [1.29, 1.82) is 0 Å². The molecule has 0 atom stereocenters. The molecule has 0 unspecified atom stereocenters. The third-order valence-corrected chi connectivity index (χ3v) is 3.43. The molecule has 0 aliphatic carbocycles. The highest BCUT2D eigenvalue weighted by molar-refractivity contribution is 9.10. The molecule has 1 aromatic carbocycles. The molecule has 0 spiro atoms. The summed E-state index contributed by atoms with van der Waals surface area (Å²) in [7, 11) is 0. The van der Waals surface area contributed by atoms with E-state index in [1.54, 1.807) is 13.0 Å². The van der Waals surface area contributed by atoms with E-state index in [-0.39, 0.29) is 10.2 Å². The average Bonchev–Trinajstić information content (AvgIpc) is 2.36. The van der Waals surface area contributed by atoms with Crippen molar-refractivity contribution >= 4 is 33.1 Å². The number of nitrogens with two attached hydrogens (primary N) is 1. The predicted molar refractivity (Wildman–Crippen MR) is 75.8 cm³/mol. The zero-order chi connectivity index (χ0) is 14.9. The topological polar surface area (TPSA) is 50.9 Å². The van der Waals surface area contributed by atoms with Gasteiger partial charge in [-0.05, 0) is 36.8 Å². The van der Waals surface area contributed by atoms with Gasteiger partial charge >= 0.3 is 6.18 Å². The summed E-state index contributed by atoms with van der Waals surface area (Å²) in [5.41, 5.74) is 6.55. The van der Waals surface area contributed by atoms with E-state index in [2.05, 4.69) is 26.2 Å². The molecule has 0 amide bonds. The third kappa shape index (κ3) is 3.04. The summed E-state index contributed by atoms with van der Waals surface area (Å²) in [6.45, 7) is 1.80. The van der Waals surface area contributed by atoms with Crippen molar-refractivity contribution in [2.75, 3.05) is 11.1 Å². The monoisotopic (exact) mass is 345 g/mol. The lowest BCUT2D eigenvalue weighted by Crippen LogP contribution is -2.07. The van der Waals surface area contributed by atoms with E-state index in [1.165, 1.54) is 18.3 Å². The predicted octanol–water partition coefficient (Wildman–Crippen LogP) is 4.50. The van der Waals surface area contributed by atoms with Crippen LogP contribution < -0.4 is 11.1 Å². The van der Waals surface area contributed by atoms with Crippen molar-refractivity contribution in [2.45, 2.75) is 13.1 Å². The number of anilines is 3. The molecule has 0 radical (unpaired) electrons. The van der Waals surface area contributed by atoms with Crippen molar-refractivity contribution in [2.24, 2.45) is 0 Å². The van der Waals surface area contributed by atoms with Gasteiger partial charge in [-0.25, -0.2) is 4.98 Å². The lowest BCUT2D eigenvalue weighted by atomic mass is 10.2. The van der Waals surface area contributed by atoms with Crippen LogP contribution >= 0.6 is 15.9 Å². The van der Waals surface area contributed by atoms with Crippen LogP contribution in [-0.4, -0.2) is 4.98 Å². The molecule has 0 fully saturated rings. The fraction of sp³-hybridized carbons (Fsp3) is 0.154. The van der Waals surface area contributed by atoms with Crippen LogP contribution in [0, 0.1) is 6.92 Å². The van der Waals surface area contributed by atoms with Gasteiger partial charge < -0.3 is 11.1 Å². The molecule has 0 saturated carbocycles. The van der Waals surface area contributed by atoms with Crippen LogP contribution in [-0.2, 0) is 6.18 Å². The first-order chi connectivity index (χ1) is 9.29. The Hall–Kier alpha value is -1.76. The van der Waals surface area contributed by atoms with Crippen LogP contribution in [0.25, 0.3) is 0 Å². The van der Waals surface area contributed by atoms with E-state index in [0.29, 0.717) is 11.5 Å². The van der Waals surface area contributed by atoms with E-state index in [1.807, 2.05) is 0 Å². The van der Waals surface area contributed by atoms with Crippen LogP contribution in [0.4, 0.5) is 30.4 Å². The number of nitrogens with zero attached hydrogens (tertiary/aromatic N) is 1. The summed E-state index contributed by atoms with van der Waals surface area (Å²) in [6, 6.07) is 5.58. The molecule has 3 nitrogen and oxygen atoms in total. The molecule has 7 heteroatoms. The Morgan fingerprint density at radius 1 is 1.25 bits per heavy atom. The first-order valence-electron chi connectivity index (χ1n) is 5.64.